The number of nitrogens with zero attached hydrogens (tertiary/aromatic N) is 1. The van der Waals surface area contributed by atoms with E-state index < -0.39 is 0 Å². The predicted molar refractivity (Wildman–Crippen MR) is 113 cm³/mol. The van der Waals surface area contributed by atoms with Crippen LogP contribution in [-0.2, 0) is 10.2 Å². The topological polar surface area (TPSA) is 65.5 Å². The molecule has 1 aliphatic carbocycles. The van der Waals surface area contributed by atoms with Crippen LogP contribution in [0.2, 0.25) is 0 Å². The van der Waals surface area contributed by atoms with Crippen molar-refractivity contribution in [3.8, 4) is 0 Å². The van der Waals surface area contributed by atoms with Crippen LogP contribution in [0.4, 0.5) is 4.39 Å². The molecule has 0 heterocycles. The first-order chi connectivity index (χ1) is 13.2. The Morgan fingerprint density at radius 1 is 1.32 bits per heavy atom. The van der Waals surface area contributed by atoms with Crippen LogP contribution < -0.4 is 16.0 Å². The number of halogens is 1. The van der Waals surface area contributed by atoms with Gasteiger partial charge in [0.15, 0.2) is 5.96 Å². The molecule has 1 saturated carbocycles. The summed E-state index contributed by atoms with van der Waals surface area (Å²) in [6, 6.07) is 7.11. The normalized spacial score (nSPS) is 20.8. The molecular formula is C22H35FN4O. The van der Waals surface area contributed by atoms with Crippen LogP contribution >= 0.6 is 0 Å². The largest absolute Gasteiger partial charge is 0.356 e. The molecule has 0 aliphatic heterocycles. The van der Waals surface area contributed by atoms with Gasteiger partial charge in [0.05, 0.1) is 0 Å². The van der Waals surface area contributed by atoms with Crippen molar-refractivity contribution < 1.29 is 9.18 Å². The van der Waals surface area contributed by atoms with Gasteiger partial charge < -0.3 is 16.0 Å². The van der Waals surface area contributed by atoms with Crippen LogP contribution in [0.25, 0.3) is 0 Å². The maximum absolute atomic E-state index is 13.6. The Balaban J connectivity index is 1.90. The van der Waals surface area contributed by atoms with Gasteiger partial charge in [0, 0.05) is 37.0 Å². The number of rotatable bonds is 6. The maximum Gasteiger partial charge on any atom is 0.223 e. The van der Waals surface area contributed by atoms with E-state index in [9.17, 15) is 9.18 Å². The predicted octanol–water partition coefficient (Wildman–Crippen LogP) is 3.35. The van der Waals surface area contributed by atoms with Crippen molar-refractivity contribution in [2.24, 2.45) is 10.9 Å². The molecule has 2 atom stereocenters. The van der Waals surface area contributed by atoms with E-state index in [0.717, 1.165) is 37.2 Å². The number of benzene rings is 1. The molecule has 28 heavy (non-hydrogen) atoms. The van der Waals surface area contributed by atoms with Gasteiger partial charge in [0.25, 0.3) is 0 Å². The maximum atomic E-state index is 13.6. The second kappa shape index (κ2) is 9.89. The standard InChI is InChI=1S/C22H35FN4O/c1-15(2)26-20(28)16-8-6-11-19(12-16)27-21(24-5)25-14-22(3,4)17-9-7-10-18(23)13-17/h7,9-10,13,15-16,19H,6,8,11-12,14H2,1-5H3,(H,26,28)(H2,24,25,27). The summed E-state index contributed by atoms with van der Waals surface area (Å²) in [6.45, 7) is 8.76. The third-order valence-electron chi connectivity index (χ3n) is 5.34. The monoisotopic (exact) mass is 390 g/mol. The molecule has 1 aromatic rings. The van der Waals surface area contributed by atoms with Crippen molar-refractivity contribution in [3.63, 3.8) is 0 Å². The second-order valence-corrected chi connectivity index (χ2v) is 8.69. The molecule has 1 fully saturated rings. The molecule has 5 nitrogen and oxygen atoms in total. The highest BCUT2D eigenvalue weighted by Crippen LogP contribution is 2.25. The zero-order chi connectivity index (χ0) is 20.7. The lowest BCUT2D eigenvalue weighted by atomic mass is 9.84. The average Bonchev–Trinajstić information content (AvgIpc) is 2.65. The lowest BCUT2D eigenvalue weighted by Gasteiger charge is -2.32. The summed E-state index contributed by atoms with van der Waals surface area (Å²) < 4.78 is 13.6. The number of guanidine groups is 1. The van der Waals surface area contributed by atoms with Crippen molar-refractivity contribution >= 4 is 11.9 Å². The molecule has 2 unspecified atom stereocenters. The van der Waals surface area contributed by atoms with Crippen LogP contribution in [-0.4, -0.2) is 37.5 Å². The van der Waals surface area contributed by atoms with Crippen molar-refractivity contribution in [2.75, 3.05) is 13.6 Å². The van der Waals surface area contributed by atoms with Crippen molar-refractivity contribution in [1.29, 1.82) is 0 Å². The highest BCUT2D eigenvalue weighted by Gasteiger charge is 2.28. The zero-order valence-electron chi connectivity index (χ0n) is 17.8. The average molecular weight is 391 g/mol. The SMILES string of the molecule is CN=C(NCC(C)(C)c1cccc(F)c1)NC1CCCC(C(=O)NC(C)C)C1. The summed E-state index contributed by atoms with van der Waals surface area (Å²) in [5, 5.41) is 9.86. The van der Waals surface area contributed by atoms with Crippen LogP contribution in [0.15, 0.2) is 29.3 Å². The molecule has 1 aliphatic rings. The van der Waals surface area contributed by atoms with Crippen LogP contribution in [0.3, 0.4) is 0 Å². The molecule has 0 saturated heterocycles. The van der Waals surface area contributed by atoms with E-state index in [1.165, 1.54) is 6.07 Å². The number of hydrogen-bond donors (Lipinski definition) is 3. The second-order valence-electron chi connectivity index (χ2n) is 8.69. The fourth-order valence-corrected chi connectivity index (χ4v) is 3.67. The first kappa shape index (κ1) is 22.2. The summed E-state index contributed by atoms with van der Waals surface area (Å²) >= 11 is 0. The first-order valence-corrected chi connectivity index (χ1v) is 10.2. The van der Waals surface area contributed by atoms with Gasteiger partial charge in [-0.05, 0) is 50.8 Å². The molecule has 0 aromatic heterocycles. The van der Waals surface area contributed by atoms with E-state index in [2.05, 4.69) is 34.8 Å². The number of carbonyl (C=O) groups excluding carboxylic acids is 1. The summed E-state index contributed by atoms with van der Waals surface area (Å²) in [5.74, 6) is 0.701. The van der Waals surface area contributed by atoms with Crippen molar-refractivity contribution in [3.05, 3.63) is 35.6 Å². The number of nitrogens with one attached hydrogen (secondary N) is 3. The molecule has 1 amide bonds. The molecule has 3 N–H and O–H groups in total. The third-order valence-corrected chi connectivity index (χ3v) is 5.34. The molecule has 0 bridgehead atoms. The molecular weight excluding hydrogens is 355 g/mol. The van der Waals surface area contributed by atoms with E-state index >= 15 is 0 Å². The van der Waals surface area contributed by atoms with E-state index in [1.807, 2.05) is 19.9 Å². The molecule has 2 rings (SSSR count). The summed E-state index contributed by atoms with van der Waals surface area (Å²) in [5.41, 5.74) is 0.699. The highest BCUT2D eigenvalue weighted by molar-refractivity contribution is 5.81. The third kappa shape index (κ3) is 6.50. The Hall–Kier alpha value is -2.11. The Morgan fingerprint density at radius 2 is 2.07 bits per heavy atom. The van der Waals surface area contributed by atoms with Crippen LogP contribution in [0.5, 0.6) is 0 Å². The summed E-state index contributed by atoms with van der Waals surface area (Å²) in [6.07, 6.45) is 3.81. The Bertz CT molecular complexity index is 687. The minimum atomic E-state index is -0.244. The Kier molecular flexibility index (Phi) is 7.84. The lowest BCUT2D eigenvalue weighted by Crippen LogP contribution is -2.49. The molecule has 1 aromatic carbocycles. The Morgan fingerprint density at radius 3 is 2.71 bits per heavy atom. The van der Waals surface area contributed by atoms with Gasteiger partial charge in [-0.25, -0.2) is 4.39 Å². The van der Waals surface area contributed by atoms with Gasteiger partial charge in [0.2, 0.25) is 5.91 Å². The minimum absolute atomic E-state index is 0.0514. The van der Waals surface area contributed by atoms with Gasteiger partial charge in [0.1, 0.15) is 5.82 Å². The summed E-state index contributed by atoms with van der Waals surface area (Å²) in [4.78, 5) is 16.7. The number of hydrogen-bond acceptors (Lipinski definition) is 2. The van der Waals surface area contributed by atoms with Gasteiger partial charge >= 0.3 is 0 Å². The quantitative estimate of drug-likeness (QED) is 0.515. The van der Waals surface area contributed by atoms with E-state index in [4.69, 9.17) is 0 Å². The fourth-order valence-electron chi connectivity index (χ4n) is 3.67. The van der Waals surface area contributed by atoms with Gasteiger partial charge in [-0.3, -0.25) is 9.79 Å². The number of amides is 1. The van der Waals surface area contributed by atoms with Crippen LogP contribution in [0, 0.1) is 11.7 Å². The molecule has 0 radical (unpaired) electrons. The number of carbonyl (C=O) groups is 1. The smallest absolute Gasteiger partial charge is 0.223 e. The first-order valence-electron chi connectivity index (χ1n) is 10.2. The highest BCUT2D eigenvalue weighted by atomic mass is 19.1. The van der Waals surface area contributed by atoms with Gasteiger partial charge in [-0.15, -0.1) is 0 Å². The molecule has 6 heteroatoms. The summed E-state index contributed by atoms with van der Waals surface area (Å²) in [7, 11) is 1.75. The van der Waals surface area contributed by atoms with E-state index in [1.54, 1.807) is 19.2 Å². The minimum Gasteiger partial charge on any atom is -0.356 e. The fraction of sp³-hybridized carbons (Fsp3) is 0.636. The van der Waals surface area contributed by atoms with Crippen LogP contribution in [0.1, 0.15) is 58.9 Å². The van der Waals surface area contributed by atoms with Gasteiger partial charge in [-0.1, -0.05) is 32.4 Å². The lowest BCUT2D eigenvalue weighted by molar-refractivity contribution is -0.126. The van der Waals surface area contributed by atoms with E-state index in [0.29, 0.717) is 6.54 Å². The van der Waals surface area contributed by atoms with Crippen molar-refractivity contribution in [2.45, 2.75) is 70.9 Å². The van der Waals surface area contributed by atoms with Crippen molar-refractivity contribution in [1.82, 2.24) is 16.0 Å². The zero-order valence-corrected chi connectivity index (χ0v) is 17.8. The number of aliphatic imine (C=N–C) groups is 1. The Labute approximate surface area is 168 Å². The van der Waals surface area contributed by atoms with Gasteiger partial charge in [-0.2, -0.15) is 0 Å². The molecule has 156 valence electrons. The molecule has 0 spiro atoms. The van der Waals surface area contributed by atoms with E-state index in [-0.39, 0.29) is 35.1 Å².